The van der Waals surface area contributed by atoms with Gasteiger partial charge in [0.05, 0.1) is 6.04 Å². The molecule has 0 aliphatic heterocycles. The van der Waals surface area contributed by atoms with Gasteiger partial charge in [-0.1, -0.05) is 11.8 Å². The van der Waals surface area contributed by atoms with Gasteiger partial charge >= 0.3 is 6.03 Å². The molecule has 1 atom stereocenters. The van der Waals surface area contributed by atoms with Gasteiger partial charge in [0.25, 0.3) is 0 Å². The number of carbonyl (C=O) groups excluding carboxylic acids is 1. The van der Waals surface area contributed by atoms with E-state index in [9.17, 15) is 4.79 Å². The second kappa shape index (κ2) is 8.63. The molecule has 2 aromatic heterocycles. The first-order valence-electron chi connectivity index (χ1n) is 6.72. The first kappa shape index (κ1) is 15.8. The fourth-order valence-corrected chi connectivity index (χ4v) is 3.35. The topological polar surface area (TPSA) is 66.9 Å². The molecule has 5 nitrogen and oxygen atoms in total. The lowest BCUT2D eigenvalue weighted by Gasteiger charge is -2.14. The first-order chi connectivity index (χ1) is 10.3. The largest absolute Gasteiger partial charge is 0.338 e. The summed E-state index contributed by atoms with van der Waals surface area (Å²) < 4.78 is 1.07. The zero-order chi connectivity index (χ0) is 14.9. The minimum Gasteiger partial charge on any atom is -0.338 e. The number of carbonyl (C=O) groups is 1. The first-order valence-corrected chi connectivity index (χ1v) is 8.59. The van der Waals surface area contributed by atoms with E-state index in [1.165, 1.54) is 0 Å². The molecule has 0 saturated heterocycles. The summed E-state index contributed by atoms with van der Waals surface area (Å²) in [5.41, 5.74) is 1.04. The number of nitrogens with one attached hydrogen (secondary N) is 2. The highest BCUT2D eigenvalue weighted by Gasteiger charge is 2.08. The van der Waals surface area contributed by atoms with Crippen LogP contribution in [0.15, 0.2) is 40.4 Å². The Morgan fingerprint density at radius 1 is 1.38 bits per heavy atom. The second-order valence-corrected chi connectivity index (χ2v) is 6.64. The molecule has 0 aliphatic rings. The minimum absolute atomic E-state index is 0.0299. The number of nitrogens with zero attached hydrogens (tertiary/aromatic N) is 2. The zero-order valence-electron chi connectivity index (χ0n) is 11.8. The number of urea groups is 1. The van der Waals surface area contributed by atoms with E-state index in [2.05, 4.69) is 20.6 Å². The molecule has 2 N–H and O–H groups in total. The summed E-state index contributed by atoms with van der Waals surface area (Å²) in [7, 11) is 0. The van der Waals surface area contributed by atoms with E-state index in [1.54, 1.807) is 41.7 Å². The maximum Gasteiger partial charge on any atom is 0.315 e. The number of amides is 2. The number of thioether (sulfide) groups is 1. The SMILES string of the molecule is CC(NC(=O)NCCCSc1nccs1)c1ccncc1. The lowest BCUT2D eigenvalue weighted by Crippen LogP contribution is -2.37. The molecule has 0 bridgehead atoms. The van der Waals surface area contributed by atoms with Gasteiger partial charge in [0.15, 0.2) is 0 Å². The van der Waals surface area contributed by atoms with Crippen LogP contribution < -0.4 is 10.6 Å². The van der Waals surface area contributed by atoms with Gasteiger partial charge in [-0.05, 0) is 31.0 Å². The average Bonchev–Trinajstić information content (AvgIpc) is 3.01. The van der Waals surface area contributed by atoms with Crippen LogP contribution in [-0.2, 0) is 0 Å². The smallest absolute Gasteiger partial charge is 0.315 e. The van der Waals surface area contributed by atoms with Crippen LogP contribution in [0.3, 0.4) is 0 Å². The van der Waals surface area contributed by atoms with Crippen molar-refractivity contribution < 1.29 is 4.79 Å². The van der Waals surface area contributed by atoms with E-state index in [0.717, 1.165) is 22.1 Å². The van der Waals surface area contributed by atoms with Crippen molar-refractivity contribution in [3.63, 3.8) is 0 Å². The van der Waals surface area contributed by atoms with Crippen LogP contribution in [0.5, 0.6) is 0 Å². The third-order valence-corrected chi connectivity index (χ3v) is 4.85. The van der Waals surface area contributed by atoms with E-state index in [-0.39, 0.29) is 12.1 Å². The fourth-order valence-electron chi connectivity index (χ4n) is 1.70. The summed E-state index contributed by atoms with van der Waals surface area (Å²) in [5.74, 6) is 0.952. The molecule has 0 aromatic carbocycles. The molecular weight excluding hydrogens is 304 g/mol. The minimum atomic E-state index is -0.140. The van der Waals surface area contributed by atoms with Crippen LogP contribution in [0.2, 0.25) is 0 Å². The lowest BCUT2D eigenvalue weighted by atomic mass is 10.1. The third kappa shape index (κ3) is 5.73. The summed E-state index contributed by atoms with van der Waals surface area (Å²) in [6.07, 6.45) is 6.17. The van der Waals surface area contributed by atoms with Crippen molar-refractivity contribution in [2.75, 3.05) is 12.3 Å². The molecule has 0 saturated carbocycles. The molecule has 0 spiro atoms. The predicted molar refractivity (Wildman–Crippen MR) is 86.6 cm³/mol. The number of pyridine rings is 1. The Labute approximate surface area is 132 Å². The zero-order valence-corrected chi connectivity index (χ0v) is 13.4. The number of hydrogen-bond acceptors (Lipinski definition) is 5. The maximum absolute atomic E-state index is 11.8. The Balaban J connectivity index is 1.59. The Morgan fingerprint density at radius 3 is 2.90 bits per heavy atom. The summed E-state index contributed by atoms with van der Waals surface area (Å²) in [5, 5.41) is 7.74. The van der Waals surface area contributed by atoms with Gasteiger partial charge in [-0.2, -0.15) is 0 Å². The Kier molecular flexibility index (Phi) is 6.49. The van der Waals surface area contributed by atoms with Crippen molar-refractivity contribution in [2.24, 2.45) is 0 Å². The van der Waals surface area contributed by atoms with Crippen molar-refractivity contribution in [1.29, 1.82) is 0 Å². The lowest BCUT2D eigenvalue weighted by molar-refractivity contribution is 0.238. The van der Waals surface area contributed by atoms with Crippen molar-refractivity contribution >= 4 is 29.1 Å². The highest BCUT2D eigenvalue weighted by molar-refractivity contribution is 8.00. The van der Waals surface area contributed by atoms with E-state index in [0.29, 0.717) is 6.54 Å². The third-order valence-electron chi connectivity index (χ3n) is 2.80. The van der Waals surface area contributed by atoms with Crippen molar-refractivity contribution in [3.05, 3.63) is 41.7 Å². The fraction of sp³-hybridized carbons (Fsp3) is 0.357. The van der Waals surface area contributed by atoms with Gasteiger partial charge in [-0.15, -0.1) is 11.3 Å². The standard InChI is InChI=1S/C14H18N4OS2/c1-11(12-3-6-15-7-4-12)18-13(19)16-5-2-9-20-14-17-8-10-21-14/h3-4,6-8,10-11H,2,5,9H2,1H3,(H2,16,18,19). The molecule has 2 rings (SSSR count). The number of rotatable bonds is 7. The van der Waals surface area contributed by atoms with Crippen LogP contribution in [0.1, 0.15) is 24.9 Å². The van der Waals surface area contributed by atoms with Crippen molar-refractivity contribution in [3.8, 4) is 0 Å². The van der Waals surface area contributed by atoms with Crippen molar-refractivity contribution in [1.82, 2.24) is 20.6 Å². The van der Waals surface area contributed by atoms with E-state index in [4.69, 9.17) is 0 Å². The van der Waals surface area contributed by atoms with Gasteiger partial charge < -0.3 is 10.6 Å². The summed E-state index contributed by atoms with van der Waals surface area (Å²) in [6, 6.07) is 3.63. The predicted octanol–water partition coefficient (Wildman–Crippen LogP) is 3.08. The van der Waals surface area contributed by atoms with Gasteiger partial charge in [-0.25, -0.2) is 9.78 Å². The Bertz CT molecular complexity index is 533. The molecule has 0 radical (unpaired) electrons. The molecule has 0 fully saturated rings. The van der Waals surface area contributed by atoms with Crippen LogP contribution >= 0.6 is 23.1 Å². The molecule has 112 valence electrons. The second-order valence-electron chi connectivity index (χ2n) is 4.40. The van der Waals surface area contributed by atoms with Gasteiger partial charge in [0.2, 0.25) is 0 Å². The van der Waals surface area contributed by atoms with Gasteiger partial charge in [0, 0.05) is 36.3 Å². The number of aromatic nitrogens is 2. The van der Waals surface area contributed by atoms with E-state index in [1.807, 2.05) is 24.4 Å². The molecule has 2 aromatic rings. The van der Waals surface area contributed by atoms with Gasteiger partial charge in [-0.3, -0.25) is 4.98 Å². The highest BCUT2D eigenvalue weighted by Crippen LogP contribution is 2.20. The van der Waals surface area contributed by atoms with E-state index >= 15 is 0 Å². The Morgan fingerprint density at radius 2 is 2.19 bits per heavy atom. The molecule has 1 unspecified atom stereocenters. The summed E-state index contributed by atoms with van der Waals surface area (Å²) in [4.78, 5) is 19.9. The summed E-state index contributed by atoms with van der Waals surface area (Å²) in [6.45, 7) is 2.61. The monoisotopic (exact) mass is 322 g/mol. The van der Waals surface area contributed by atoms with Crippen molar-refractivity contribution in [2.45, 2.75) is 23.7 Å². The average molecular weight is 322 g/mol. The normalized spacial score (nSPS) is 11.9. The number of hydrogen-bond donors (Lipinski definition) is 2. The van der Waals surface area contributed by atoms with Crippen LogP contribution in [0.4, 0.5) is 4.79 Å². The molecular formula is C14H18N4OS2. The van der Waals surface area contributed by atoms with Crippen LogP contribution in [-0.4, -0.2) is 28.3 Å². The highest BCUT2D eigenvalue weighted by atomic mass is 32.2. The molecule has 7 heteroatoms. The number of thiazole rings is 1. The van der Waals surface area contributed by atoms with Crippen LogP contribution in [0, 0.1) is 0 Å². The van der Waals surface area contributed by atoms with Crippen LogP contribution in [0.25, 0.3) is 0 Å². The molecule has 2 amide bonds. The molecule has 2 heterocycles. The van der Waals surface area contributed by atoms with Gasteiger partial charge in [0.1, 0.15) is 4.34 Å². The maximum atomic E-state index is 11.8. The quantitative estimate of drug-likeness (QED) is 0.607. The Hall–Kier alpha value is -1.60. The molecule has 0 aliphatic carbocycles. The molecule has 21 heavy (non-hydrogen) atoms. The van der Waals surface area contributed by atoms with E-state index < -0.39 is 0 Å². The summed E-state index contributed by atoms with van der Waals surface area (Å²) >= 11 is 3.36.